The maximum absolute atomic E-state index is 12.7. The van der Waals surface area contributed by atoms with Gasteiger partial charge in [-0.3, -0.25) is 4.79 Å². The molecule has 0 aromatic heterocycles. The quantitative estimate of drug-likeness (QED) is 0.748. The number of carbonyl (C=O) groups excluding carboxylic acids is 1. The van der Waals surface area contributed by atoms with Crippen LogP contribution in [0.15, 0.2) is 60.7 Å². The number of anilines is 2. The molecule has 2 N–H and O–H groups in total. The zero-order valence-electron chi connectivity index (χ0n) is 15.2. The minimum Gasteiger partial charge on any atom is -0.495 e. The number of para-hydroxylation sites is 2. The third-order valence-electron chi connectivity index (χ3n) is 4.90. The number of fused-ring (bicyclic) bond motifs is 3. The fourth-order valence-corrected chi connectivity index (χ4v) is 3.76. The Kier molecular flexibility index (Phi) is 4.69. The standard InChI is InChI=1S/C22H22N2O3/c1-27-20-9-5-4-8-19(20)23-21(26)14-24-13-17(25)12-16-11-10-15-6-2-3-7-18(15)22(16)24/h2-11,17,25H,12-14H2,1H3,(H,23,26)/t17-/m1/s1. The van der Waals surface area contributed by atoms with Crippen molar-refractivity contribution in [3.63, 3.8) is 0 Å². The summed E-state index contributed by atoms with van der Waals surface area (Å²) in [6, 6.07) is 19.6. The minimum atomic E-state index is -0.488. The average molecular weight is 362 g/mol. The van der Waals surface area contributed by atoms with Crippen molar-refractivity contribution in [3.8, 4) is 5.75 Å². The van der Waals surface area contributed by atoms with E-state index in [0.717, 1.165) is 22.0 Å². The van der Waals surface area contributed by atoms with Crippen LogP contribution in [0.3, 0.4) is 0 Å². The van der Waals surface area contributed by atoms with Crippen LogP contribution in [0.5, 0.6) is 5.75 Å². The van der Waals surface area contributed by atoms with Crippen molar-refractivity contribution in [3.05, 3.63) is 66.2 Å². The first kappa shape index (κ1) is 17.4. The van der Waals surface area contributed by atoms with E-state index < -0.39 is 6.10 Å². The van der Waals surface area contributed by atoms with E-state index in [-0.39, 0.29) is 12.5 Å². The fourth-order valence-electron chi connectivity index (χ4n) is 3.76. The molecule has 1 atom stereocenters. The van der Waals surface area contributed by atoms with E-state index in [0.29, 0.717) is 24.4 Å². The molecule has 5 heteroatoms. The Bertz CT molecular complexity index is 986. The summed E-state index contributed by atoms with van der Waals surface area (Å²) in [7, 11) is 1.58. The van der Waals surface area contributed by atoms with Crippen LogP contribution in [0.1, 0.15) is 5.56 Å². The van der Waals surface area contributed by atoms with Gasteiger partial charge in [-0.05, 0) is 23.1 Å². The summed E-state index contributed by atoms with van der Waals surface area (Å²) in [5, 5.41) is 15.4. The van der Waals surface area contributed by atoms with Gasteiger partial charge in [-0.15, -0.1) is 0 Å². The Morgan fingerprint density at radius 1 is 1.15 bits per heavy atom. The van der Waals surface area contributed by atoms with E-state index in [1.165, 1.54) is 0 Å². The largest absolute Gasteiger partial charge is 0.495 e. The van der Waals surface area contributed by atoms with Gasteiger partial charge in [0.1, 0.15) is 5.75 Å². The second-order valence-electron chi connectivity index (χ2n) is 6.78. The van der Waals surface area contributed by atoms with E-state index in [9.17, 15) is 9.90 Å². The number of aliphatic hydroxyl groups excluding tert-OH is 1. The highest BCUT2D eigenvalue weighted by molar-refractivity contribution is 6.00. The smallest absolute Gasteiger partial charge is 0.243 e. The van der Waals surface area contributed by atoms with Crippen LogP contribution in [0.25, 0.3) is 10.8 Å². The first-order valence-electron chi connectivity index (χ1n) is 9.02. The van der Waals surface area contributed by atoms with Gasteiger partial charge in [0.15, 0.2) is 0 Å². The molecule has 1 aliphatic heterocycles. The van der Waals surface area contributed by atoms with Crippen molar-refractivity contribution in [2.45, 2.75) is 12.5 Å². The van der Waals surface area contributed by atoms with Gasteiger partial charge in [0.2, 0.25) is 5.91 Å². The van der Waals surface area contributed by atoms with Gasteiger partial charge in [-0.2, -0.15) is 0 Å². The number of carbonyl (C=O) groups is 1. The Balaban J connectivity index is 1.63. The normalized spacial score (nSPS) is 16.1. The summed E-state index contributed by atoms with van der Waals surface area (Å²) < 4.78 is 5.30. The molecule has 3 aromatic carbocycles. The maximum Gasteiger partial charge on any atom is 0.243 e. The number of benzene rings is 3. The number of nitrogens with zero attached hydrogens (tertiary/aromatic N) is 1. The lowest BCUT2D eigenvalue weighted by molar-refractivity contribution is -0.115. The number of ether oxygens (including phenoxy) is 1. The number of hydrogen-bond acceptors (Lipinski definition) is 4. The molecule has 1 heterocycles. The molecule has 0 fully saturated rings. The van der Waals surface area contributed by atoms with Crippen molar-refractivity contribution in [2.24, 2.45) is 0 Å². The summed E-state index contributed by atoms with van der Waals surface area (Å²) in [4.78, 5) is 14.7. The maximum atomic E-state index is 12.7. The second-order valence-corrected chi connectivity index (χ2v) is 6.78. The van der Waals surface area contributed by atoms with Gasteiger partial charge in [-0.25, -0.2) is 0 Å². The third-order valence-corrected chi connectivity index (χ3v) is 4.90. The van der Waals surface area contributed by atoms with Crippen molar-refractivity contribution in [1.82, 2.24) is 0 Å². The molecule has 3 aromatic rings. The number of methoxy groups -OCH3 is 1. The van der Waals surface area contributed by atoms with Crippen molar-refractivity contribution in [2.75, 3.05) is 30.4 Å². The molecule has 0 radical (unpaired) electrons. The summed E-state index contributed by atoms with van der Waals surface area (Å²) in [6.07, 6.45) is 0.114. The number of aliphatic hydroxyl groups is 1. The Morgan fingerprint density at radius 2 is 1.93 bits per heavy atom. The molecule has 1 amide bonds. The highest BCUT2D eigenvalue weighted by Gasteiger charge is 2.26. The second kappa shape index (κ2) is 7.29. The van der Waals surface area contributed by atoms with Crippen LogP contribution < -0.4 is 15.0 Å². The third kappa shape index (κ3) is 3.46. The van der Waals surface area contributed by atoms with Crippen molar-refractivity contribution >= 4 is 28.1 Å². The Labute approximate surface area is 158 Å². The predicted octanol–water partition coefficient (Wildman–Crippen LogP) is 3.21. The average Bonchev–Trinajstić information content (AvgIpc) is 2.67. The summed E-state index contributed by atoms with van der Waals surface area (Å²) in [6.45, 7) is 0.594. The molecule has 27 heavy (non-hydrogen) atoms. The summed E-state index contributed by atoms with van der Waals surface area (Å²) >= 11 is 0. The number of hydrogen-bond donors (Lipinski definition) is 2. The molecule has 0 spiro atoms. The molecule has 0 saturated heterocycles. The molecular formula is C22H22N2O3. The molecule has 0 unspecified atom stereocenters. The van der Waals surface area contributed by atoms with Gasteiger partial charge in [0.25, 0.3) is 0 Å². The monoisotopic (exact) mass is 362 g/mol. The van der Waals surface area contributed by atoms with E-state index in [4.69, 9.17) is 4.74 Å². The highest BCUT2D eigenvalue weighted by atomic mass is 16.5. The summed E-state index contributed by atoms with van der Waals surface area (Å²) in [5.41, 5.74) is 2.74. The lowest BCUT2D eigenvalue weighted by atomic mass is 9.95. The molecule has 4 rings (SSSR count). The number of rotatable bonds is 4. The van der Waals surface area contributed by atoms with E-state index in [1.54, 1.807) is 7.11 Å². The Morgan fingerprint density at radius 3 is 2.78 bits per heavy atom. The topological polar surface area (TPSA) is 61.8 Å². The molecule has 0 bridgehead atoms. The fraction of sp³-hybridized carbons (Fsp3) is 0.227. The Hall–Kier alpha value is -3.05. The molecule has 138 valence electrons. The van der Waals surface area contributed by atoms with Crippen LogP contribution in [0, 0.1) is 0 Å². The van der Waals surface area contributed by atoms with E-state index in [2.05, 4.69) is 23.5 Å². The lowest BCUT2D eigenvalue weighted by Crippen LogP contribution is -2.43. The first-order chi connectivity index (χ1) is 13.2. The van der Waals surface area contributed by atoms with Crippen LogP contribution in [0.2, 0.25) is 0 Å². The van der Waals surface area contributed by atoms with Crippen LogP contribution >= 0.6 is 0 Å². The number of nitrogens with one attached hydrogen (secondary N) is 1. The SMILES string of the molecule is COc1ccccc1NC(=O)CN1C[C@H](O)Cc2ccc3ccccc3c21. The van der Waals surface area contributed by atoms with E-state index in [1.807, 2.05) is 47.4 Å². The summed E-state index contributed by atoms with van der Waals surface area (Å²) in [5.74, 6) is 0.475. The highest BCUT2D eigenvalue weighted by Crippen LogP contribution is 2.35. The van der Waals surface area contributed by atoms with Gasteiger partial charge in [0.05, 0.1) is 25.4 Å². The predicted molar refractivity (Wildman–Crippen MR) is 107 cm³/mol. The van der Waals surface area contributed by atoms with Crippen LogP contribution in [0.4, 0.5) is 11.4 Å². The van der Waals surface area contributed by atoms with Crippen molar-refractivity contribution < 1.29 is 14.6 Å². The van der Waals surface area contributed by atoms with Gasteiger partial charge in [-0.1, -0.05) is 48.5 Å². The minimum absolute atomic E-state index is 0.146. The number of amides is 1. The number of β-amino-alcohol motifs (C(OH)–C–C–N with tert-alkyl or cyclic N) is 1. The zero-order valence-corrected chi connectivity index (χ0v) is 15.2. The van der Waals surface area contributed by atoms with Gasteiger partial charge in [0, 0.05) is 24.0 Å². The van der Waals surface area contributed by atoms with Crippen LogP contribution in [-0.4, -0.2) is 37.3 Å². The molecular weight excluding hydrogens is 340 g/mol. The molecule has 0 saturated carbocycles. The van der Waals surface area contributed by atoms with Gasteiger partial charge >= 0.3 is 0 Å². The van der Waals surface area contributed by atoms with E-state index >= 15 is 0 Å². The lowest BCUT2D eigenvalue weighted by Gasteiger charge is -2.34. The van der Waals surface area contributed by atoms with Crippen molar-refractivity contribution in [1.29, 1.82) is 0 Å². The van der Waals surface area contributed by atoms with Crippen LogP contribution in [-0.2, 0) is 11.2 Å². The molecule has 0 aliphatic carbocycles. The molecule has 5 nitrogen and oxygen atoms in total. The first-order valence-corrected chi connectivity index (χ1v) is 9.02. The molecule has 1 aliphatic rings. The van der Waals surface area contributed by atoms with Gasteiger partial charge < -0.3 is 20.1 Å². The zero-order chi connectivity index (χ0) is 18.8.